The lowest BCUT2D eigenvalue weighted by molar-refractivity contribution is -0.163. The molecule has 0 spiro atoms. The number of carbonyl (C=O) groups excluding carboxylic acids is 1. The molecule has 2 aromatic heterocycles. The summed E-state index contributed by atoms with van der Waals surface area (Å²) in [5.41, 5.74) is 0.976. The predicted molar refractivity (Wildman–Crippen MR) is 99.3 cm³/mol. The average molecular weight is 474 g/mol. The van der Waals surface area contributed by atoms with Gasteiger partial charge in [0.2, 0.25) is 0 Å². The number of aromatic nitrogens is 3. The molecule has 2 aliphatic carbocycles. The van der Waals surface area contributed by atoms with E-state index in [0.717, 1.165) is 15.8 Å². The average Bonchev–Trinajstić information content (AvgIpc) is 2.83. The van der Waals surface area contributed by atoms with Crippen LogP contribution in [0.1, 0.15) is 33.2 Å². The van der Waals surface area contributed by atoms with Crippen molar-refractivity contribution in [2.24, 2.45) is 11.3 Å². The zero-order valence-corrected chi connectivity index (χ0v) is 16.9. The number of hydrogen-bond donors (Lipinski definition) is 0. The van der Waals surface area contributed by atoms with Gasteiger partial charge in [-0.05, 0) is 61.8 Å². The minimum absolute atomic E-state index is 0.0255. The van der Waals surface area contributed by atoms with Crippen molar-refractivity contribution in [1.82, 2.24) is 14.5 Å². The summed E-state index contributed by atoms with van der Waals surface area (Å²) in [6, 6.07) is 1.77. The Bertz CT molecular complexity index is 929. The molecule has 132 valence electrons. The number of fused-ring (bicyclic) bond motifs is 4. The van der Waals surface area contributed by atoms with Crippen LogP contribution in [0.15, 0.2) is 12.4 Å². The first-order valence-corrected chi connectivity index (χ1v) is 9.75. The van der Waals surface area contributed by atoms with Crippen molar-refractivity contribution in [3.05, 3.63) is 21.1 Å². The molecule has 8 heteroatoms. The van der Waals surface area contributed by atoms with Crippen molar-refractivity contribution in [3.8, 4) is 0 Å². The summed E-state index contributed by atoms with van der Waals surface area (Å²) < 4.78 is 15.2. The van der Waals surface area contributed by atoms with Crippen molar-refractivity contribution in [3.63, 3.8) is 0 Å². The maximum atomic E-state index is 12.5. The second-order valence-corrected chi connectivity index (χ2v) is 9.18. The molecule has 0 radical (unpaired) electrons. The van der Waals surface area contributed by atoms with Crippen LogP contribution in [0.25, 0.3) is 11.2 Å². The van der Waals surface area contributed by atoms with Gasteiger partial charge in [0.25, 0.3) is 0 Å². The van der Waals surface area contributed by atoms with Crippen LogP contribution in [0.5, 0.6) is 0 Å². The summed E-state index contributed by atoms with van der Waals surface area (Å²) in [4.78, 5) is 21.5. The smallest absolute Gasteiger partial charge is 0.163 e. The fourth-order valence-corrected chi connectivity index (χ4v) is 5.80. The van der Waals surface area contributed by atoms with Crippen LogP contribution in [0.3, 0.4) is 0 Å². The van der Waals surface area contributed by atoms with Gasteiger partial charge in [-0.1, -0.05) is 11.6 Å². The summed E-state index contributed by atoms with van der Waals surface area (Å²) in [6.07, 6.45) is 2.19. The van der Waals surface area contributed by atoms with E-state index in [1.54, 1.807) is 19.3 Å². The number of pyridine rings is 1. The summed E-state index contributed by atoms with van der Waals surface area (Å²) in [5, 5.41) is 0.584. The third-order valence-corrected chi connectivity index (χ3v) is 6.71. The zero-order valence-electron chi connectivity index (χ0n) is 14.0. The van der Waals surface area contributed by atoms with Gasteiger partial charge in [0.1, 0.15) is 27.2 Å². The Hall–Kier alpha value is -0.770. The lowest BCUT2D eigenvalue weighted by atomic mass is 9.95. The van der Waals surface area contributed by atoms with Gasteiger partial charge in [0.15, 0.2) is 11.4 Å². The van der Waals surface area contributed by atoms with Crippen LogP contribution in [0, 0.1) is 15.0 Å². The Labute approximate surface area is 163 Å². The van der Waals surface area contributed by atoms with E-state index in [4.69, 9.17) is 21.1 Å². The quantitative estimate of drug-likeness (QED) is 0.494. The minimum atomic E-state index is -0.695. The molecule has 0 amide bonds. The summed E-state index contributed by atoms with van der Waals surface area (Å²) in [6.45, 7) is 5.47. The second kappa shape index (κ2) is 4.94. The summed E-state index contributed by atoms with van der Waals surface area (Å²) in [5.74, 6) is -0.326. The van der Waals surface area contributed by atoms with Crippen molar-refractivity contribution >= 4 is 51.1 Å². The molecule has 2 saturated carbocycles. The van der Waals surface area contributed by atoms with E-state index in [2.05, 4.69) is 32.6 Å². The van der Waals surface area contributed by atoms with E-state index >= 15 is 0 Å². The number of imidazole rings is 1. The highest BCUT2D eigenvalue weighted by Crippen LogP contribution is 2.71. The molecule has 6 nitrogen and oxygen atoms in total. The van der Waals surface area contributed by atoms with Crippen LogP contribution in [-0.4, -0.2) is 38.3 Å². The maximum Gasteiger partial charge on any atom is 0.163 e. The van der Waals surface area contributed by atoms with E-state index in [-0.39, 0.29) is 30.0 Å². The maximum absolute atomic E-state index is 12.5. The van der Waals surface area contributed by atoms with Gasteiger partial charge < -0.3 is 14.0 Å². The van der Waals surface area contributed by atoms with Crippen LogP contribution < -0.4 is 0 Å². The van der Waals surface area contributed by atoms with Crippen LogP contribution in [0.4, 0.5) is 0 Å². The van der Waals surface area contributed by atoms with E-state index < -0.39 is 11.2 Å². The number of halogens is 2. The van der Waals surface area contributed by atoms with E-state index in [1.807, 2.05) is 18.4 Å². The molecule has 3 aliphatic rings. The standard InChI is InChI=1S/C17H17ClIN3O3/c1-7(23)17-5-8(17)12(13-14(17)25-16(2,3)24-13)22-6-20-11-9(18)4-10(19)21-15(11)22/h4,6,8,12-14H,5H2,1-3H3/t8?,12-,13+,14?,17+/m1/s1. The highest BCUT2D eigenvalue weighted by Gasteiger charge is 2.78. The molecule has 1 saturated heterocycles. The lowest BCUT2D eigenvalue weighted by Gasteiger charge is -2.24. The first kappa shape index (κ1) is 16.4. The highest BCUT2D eigenvalue weighted by atomic mass is 127. The summed E-state index contributed by atoms with van der Waals surface area (Å²) >= 11 is 8.48. The molecule has 5 rings (SSSR count). The van der Waals surface area contributed by atoms with Crippen LogP contribution >= 0.6 is 34.2 Å². The van der Waals surface area contributed by atoms with Gasteiger partial charge in [-0.15, -0.1) is 0 Å². The normalized spacial score (nSPS) is 38.0. The van der Waals surface area contributed by atoms with Crippen molar-refractivity contribution in [1.29, 1.82) is 0 Å². The second-order valence-electron chi connectivity index (χ2n) is 7.67. The Kier molecular flexibility index (Phi) is 3.24. The number of Topliss-reactive ketones (excluding diaryl/α,β-unsaturated/α-hetero) is 1. The molecule has 3 heterocycles. The lowest BCUT2D eigenvalue weighted by Crippen LogP contribution is -2.34. The zero-order chi connectivity index (χ0) is 17.7. The molecule has 0 aromatic carbocycles. The van der Waals surface area contributed by atoms with Crippen molar-refractivity contribution in [2.75, 3.05) is 0 Å². The SMILES string of the molecule is CC(=O)[C@@]12CC1[C@@H](n1cnc3c(Cl)cc(I)nc31)[C@@H]1OC(C)(C)OC12. The van der Waals surface area contributed by atoms with E-state index in [0.29, 0.717) is 10.5 Å². The monoisotopic (exact) mass is 473 g/mol. The van der Waals surface area contributed by atoms with Gasteiger partial charge in [0, 0.05) is 0 Å². The topological polar surface area (TPSA) is 66.2 Å². The Balaban J connectivity index is 1.67. The molecule has 2 unspecified atom stereocenters. The fraction of sp³-hybridized carbons (Fsp3) is 0.588. The number of nitrogens with zero attached hydrogens (tertiary/aromatic N) is 3. The Morgan fingerprint density at radius 3 is 2.92 bits per heavy atom. The molecular formula is C17H17ClIN3O3. The third kappa shape index (κ3) is 2.06. The first-order valence-electron chi connectivity index (χ1n) is 8.30. The first-order chi connectivity index (χ1) is 11.7. The number of rotatable bonds is 2. The Morgan fingerprint density at radius 1 is 1.44 bits per heavy atom. The molecule has 2 aromatic rings. The molecule has 0 bridgehead atoms. The number of carbonyl (C=O) groups is 1. The van der Waals surface area contributed by atoms with Crippen LogP contribution in [0.2, 0.25) is 5.02 Å². The van der Waals surface area contributed by atoms with Gasteiger partial charge in [0.05, 0.1) is 22.8 Å². The molecular weight excluding hydrogens is 457 g/mol. The fourth-order valence-electron chi connectivity index (χ4n) is 4.84. The molecule has 0 N–H and O–H groups in total. The number of ketones is 1. The molecule has 5 atom stereocenters. The highest BCUT2D eigenvalue weighted by molar-refractivity contribution is 14.1. The van der Waals surface area contributed by atoms with E-state index in [1.165, 1.54) is 0 Å². The van der Waals surface area contributed by atoms with Gasteiger partial charge >= 0.3 is 0 Å². The number of hydrogen-bond acceptors (Lipinski definition) is 5. The van der Waals surface area contributed by atoms with Gasteiger partial charge in [-0.2, -0.15) is 0 Å². The molecule has 25 heavy (non-hydrogen) atoms. The minimum Gasteiger partial charge on any atom is -0.343 e. The summed E-state index contributed by atoms with van der Waals surface area (Å²) in [7, 11) is 0. The van der Waals surface area contributed by atoms with Gasteiger partial charge in [-0.3, -0.25) is 4.79 Å². The third-order valence-electron chi connectivity index (χ3n) is 5.87. The Morgan fingerprint density at radius 2 is 2.20 bits per heavy atom. The number of ether oxygens (including phenoxy) is 2. The molecule has 1 aliphatic heterocycles. The van der Waals surface area contributed by atoms with Crippen molar-refractivity contribution in [2.45, 2.75) is 51.2 Å². The van der Waals surface area contributed by atoms with E-state index in [9.17, 15) is 4.79 Å². The molecule has 3 fully saturated rings. The largest absolute Gasteiger partial charge is 0.343 e. The van der Waals surface area contributed by atoms with Crippen molar-refractivity contribution < 1.29 is 14.3 Å². The van der Waals surface area contributed by atoms with Crippen LogP contribution in [-0.2, 0) is 14.3 Å². The predicted octanol–water partition coefficient (Wildman–Crippen LogP) is 3.36. The van der Waals surface area contributed by atoms with Gasteiger partial charge in [-0.25, -0.2) is 9.97 Å².